The summed E-state index contributed by atoms with van der Waals surface area (Å²) in [6.07, 6.45) is 4.49. The zero-order chi connectivity index (χ0) is 19.0. The van der Waals surface area contributed by atoms with E-state index in [2.05, 4.69) is 25.4 Å². The summed E-state index contributed by atoms with van der Waals surface area (Å²) < 4.78 is 7.28. The Balaban J connectivity index is 1.58. The van der Waals surface area contributed by atoms with Crippen molar-refractivity contribution >= 4 is 22.7 Å². The molecule has 0 saturated carbocycles. The smallest absolute Gasteiger partial charge is 0.255 e. The molecule has 27 heavy (non-hydrogen) atoms. The Morgan fingerprint density at radius 1 is 1.19 bits per heavy atom. The average Bonchev–Trinajstić information content (AvgIpc) is 3.31. The molecule has 0 unspecified atom stereocenters. The molecule has 0 fully saturated rings. The topological polar surface area (TPSA) is 98.7 Å². The van der Waals surface area contributed by atoms with Crippen molar-refractivity contribution in [2.24, 2.45) is 0 Å². The SMILES string of the molecule is CC(C)(C)c1nc2cc(NC(=O)c3ccnc(-n4cncn4)c3)ccc2o1. The van der Waals surface area contributed by atoms with Crippen LogP contribution in [0, 0.1) is 0 Å². The van der Waals surface area contributed by atoms with Gasteiger partial charge in [0.15, 0.2) is 11.4 Å². The molecule has 1 aromatic carbocycles. The Morgan fingerprint density at radius 2 is 2.04 bits per heavy atom. The van der Waals surface area contributed by atoms with Gasteiger partial charge in [0.25, 0.3) is 5.91 Å². The molecule has 3 heterocycles. The number of amides is 1. The van der Waals surface area contributed by atoms with Crippen LogP contribution in [0.1, 0.15) is 37.0 Å². The minimum absolute atomic E-state index is 0.183. The normalized spacial score (nSPS) is 11.7. The molecule has 0 aliphatic heterocycles. The third-order valence-corrected chi connectivity index (χ3v) is 3.95. The second-order valence-electron chi connectivity index (χ2n) is 7.15. The van der Waals surface area contributed by atoms with Gasteiger partial charge >= 0.3 is 0 Å². The number of oxazole rings is 1. The van der Waals surface area contributed by atoms with Crippen LogP contribution in [0.25, 0.3) is 16.9 Å². The lowest BCUT2D eigenvalue weighted by Crippen LogP contribution is -2.13. The molecule has 0 bridgehead atoms. The lowest BCUT2D eigenvalue weighted by molar-refractivity contribution is 0.102. The van der Waals surface area contributed by atoms with Gasteiger partial charge in [-0.3, -0.25) is 4.79 Å². The first-order valence-corrected chi connectivity index (χ1v) is 8.44. The summed E-state index contributed by atoms with van der Waals surface area (Å²) in [4.78, 5) is 25.2. The van der Waals surface area contributed by atoms with E-state index in [1.54, 1.807) is 36.5 Å². The lowest BCUT2D eigenvalue weighted by atomic mass is 9.97. The van der Waals surface area contributed by atoms with Crippen LogP contribution in [0.4, 0.5) is 5.69 Å². The molecule has 3 aromatic heterocycles. The second kappa shape index (κ2) is 6.31. The van der Waals surface area contributed by atoms with Crippen molar-refractivity contribution < 1.29 is 9.21 Å². The minimum atomic E-state index is -0.252. The lowest BCUT2D eigenvalue weighted by Gasteiger charge is -2.11. The molecule has 8 heteroatoms. The fourth-order valence-corrected chi connectivity index (χ4v) is 2.54. The summed E-state index contributed by atoms with van der Waals surface area (Å²) in [5, 5.41) is 6.90. The van der Waals surface area contributed by atoms with Gasteiger partial charge in [-0.25, -0.2) is 19.6 Å². The van der Waals surface area contributed by atoms with E-state index in [9.17, 15) is 4.79 Å². The van der Waals surface area contributed by atoms with Crippen molar-refractivity contribution in [3.63, 3.8) is 0 Å². The number of pyridine rings is 1. The number of nitrogens with one attached hydrogen (secondary N) is 1. The number of fused-ring (bicyclic) bond motifs is 1. The van der Waals surface area contributed by atoms with Gasteiger partial charge in [0, 0.05) is 22.9 Å². The highest BCUT2D eigenvalue weighted by molar-refractivity contribution is 6.05. The minimum Gasteiger partial charge on any atom is -0.440 e. The van der Waals surface area contributed by atoms with Crippen molar-refractivity contribution in [3.8, 4) is 5.82 Å². The molecule has 0 spiro atoms. The predicted molar refractivity (Wildman–Crippen MR) is 99.8 cm³/mol. The van der Waals surface area contributed by atoms with Crippen LogP contribution >= 0.6 is 0 Å². The predicted octanol–water partition coefficient (Wildman–Crippen LogP) is 3.35. The van der Waals surface area contributed by atoms with E-state index in [1.807, 2.05) is 20.8 Å². The Bertz CT molecular complexity index is 1110. The van der Waals surface area contributed by atoms with E-state index in [-0.39, 0.29) is 11.3 Å². The van der Waals surface area contributed by atoms with Gasteiger partial charge in [0.1, 0.15) is 18.2 Å². The molecular weight excluding hydrogens is 344 g/mol. The van der Waals surface area contributed by atoms with E-state index >= 15 is 0 Å². The third kappa shape index (κ3) is 3.41. The van der Waals surface area contributed by atoms with Gasteiger partial charge in [0.05, 0.1) is 0 Å². The van der Waals surface area contributed by atoms with Gasteiger partial charge < -0.3 is 9.73 Å². The maximum Gasteiger partial charge on any atom is 0.255 e. The molecular formula is C19H18N6O2. The summed E-state index contributed by atoms with van der Waals surface area (Å²) >= 11 is 0. The molecule has 0 radical (unpaired) electrons. The summed E-state index contributed by atoms with van der Waals surface area (Å²) in [6.45, 7) is 6.11. The van der Waals surface area contributed by atoms with Gasteiger partial charge in [-0.2, -0.15) is 5.10 Å². The number of hydrogen-bond donors (Lipinski definition) is 1. The van der Waals surface area contributed by atoms with Crippen molar-refractivity contribution in [2.45, 2.75) is 26.2 Å². The first-order valence-electron chi connectivity index (χ1n) is 8.44. The van der Waals surface area contributed by atoms with Crippen molar-refractivity contribution in [1.29, 1.82) is 0 Å². The average molecular weight is 362 g/mol. The second-order valence-corrected chi connectivity index (χ2v) is 7.15. The number of rotatable bonds is 3. The van der Waals surface area contributed by atoms with Crippen molar-refractivity contribution in [2.75, 3.05) is 5.32 Å². The molecule has 136 valence electrons. The maximum atomic E-state index is 12.6. The molecule has 0 saturated heterocycles. The summed E-state index contributed by atoms with van der Waals surface area (Å²) in [5.74, 6) is 0.923. The molecule has 0 atom stereocenters. The zero-order valence-corrected chi connectivity index (χ0v) is 15.2. The van der Waals surface area contributed by atoms with Crippen LogP contribution in [0.15, 0.2) is 53.6 Å². The maximum absolute atomic E-state index is 12.6. The Hall–Kier alpha value is -3.55. The van der Waals surface area contributed by atoms with Gasteiger partial charge in [0.2, 0.25) is 5.89 Å². The summed E-state index contributed by atoms with van der Waals surface area (Å²) in [6, 6.07) is 8.68. The number of nitrogens with zero attached hydrogens (tertiary/aromatic N) is 5. The molecule has 4 rings (SSSR count). The number of aromatic nitrogens is 5. The van der Waals surface area contributed by atoms with Crippen molar-refractivity contribution in [3.05, 3.63) is 60.6 Å². The fourth-order valence-electron chi connectivity index (χ4n) is 2.54. The first-order chi connectivity index (χ1) is 12.9. The number of benzene rings is 1. The Kier molecular flexibility index (Phi) is 3.95. The Labute approximate surface area is 155 Å². The monoisotopic (exact) mass is 362 g/mol. The zero-order valence-electron chi connectivity index (χ0n) is 15.2. The number of anilines is 1. The van der Waals surface area contributed by atoms with E-state index in [1.165, 1.54) is 17.3 Å². The quantitative estimate of drug-likeness (QED) is 0.600. The highest BCUT2D eigenvalue weighted by atomic mass is 16.3. The van der Waals surface area contributed by atoms with E-state index < -0.39 is 0 Å². The van der Waals surface area contributed by atoms with Crippen LogP contribution in [0.2, 0.25) is 0 Å². The van der Waals surface area contributed by atoms with E-state index in [4.69, 9.17) is 4.42 Å². The highest BCUT2D eigenvalue weighted by Crippen LogP contribution is 2.27. The number of carbonyl (C=O) groups excluding carboxylic acids is 1. The molecule has 0 aliphatic carbocycles. The van der Waals surface area contributed by atoms with E-state index in [0.717, 1.165) is 0 Å². The third-order valence-electron chi connectivity index (χ3n) is 3.95. The molecule has 4 aromatic rings. The largest absolute Gasteiger partial charge is 0.440 e. The summed E-state index contributed by atoms with van der Waals surface area (Å²) in [7, 11) is 0. The first kappa shape index (κ1) is 16.9. The Morgan fingerprint density at radius 3 is 2.78 bits per heavy atom. The molecule has 8 nitrogen and oxygen atoms in total. The highest BCUT2D eigenvalue weighted by Gasteiger charge is 2.21. The standard InChI is InChI=1S/C19H18N6O2/c1-19(2,3)18-24-14-9-13(4-5-15(14)27-18)23-17(26)12-6-7-21-16(8-12)25-11-20-10-22-25/h4-11H,1-3H3,(H,23,26). The number of hydrogen-bond acceptors (Lipinski definition) is 6. The van der Waals surface area contributed by atoms with Crippen LogP contribution in [0.3, 0.4) is 0 Å². The van der Waals surface area contributed by atoms with E-state index in [0.29, 0.717) is 34.1 Å². The summed E-state index contributed by atoms with van der Waals surface area (Å²) in [5.41, 5.74) is 2.31. The molecule has 0 aliphatic rings. The van der Waals surface area contributed by atoms with Gasteiger partial charge in [-0.1, -0.05) is 20.8 Å². The van der Waals surface area contributed by atoms with Gasteiger partial charge in [-0.15, -0.1) is 0 Å². The van der Waals surface area contributed by atoms with Crippen LogP contribution < -0.4 is 5.32 Å². The number of carbonyl (C=O) groups is 1. The van der Waals surface area contributed by atoms with Crippen molar-refractivity contribution in [1.82, 2.24) is 24.7 Å². The fraction of sp³-hybridized carbons (Fsp3) is 0.211. The molecule has 1 N–H and O–H groups in total. The molecule has 1 amide bonds. The van der Waals surface area contributed by atoms with Crippen LogP contribution in [0.5, 0.6) is 0 Å². The van der Waals surface area contributed by atoms with Gasteiger partial charge in [-0.05, 0) is 30.3 Å². The van der Waals surface area contributed by atoms with Crippen LogP contribution in [-0.4, -0.2) is 30.6 Å². The van der Waals surface area contributed by atoms with Crippen LogP contribution in [-0.2, 0) is 5.41 Å².